The number of hydrogen-bond acceptors (Lipinski definition) is 8. The maximum Gasteiger partial charge on any atom is 0.364 e. The third-order valence-electron chi connectivity index (χ3n) is 2.35. The number of amidine groups is 1. The SMILES string of the molecule is CON=C(C(=O)OC)C(N)=NOS(=O)(=O)c1ccc(C)cc1. The molecule has 0 saturated carbocycles. The van der Waals surface area contributed by atoms with Crippen molar-refractivity contribution in [2.45, 2.75) is 11.8 Å². The van der Waals surface area contributed by atoms with Crippen LogP contribution in [0.5, 0.6) is 0 Å². The van der Waals surface area contributed by atoms with Crippen molar-refractivity contribution in [2.24, 2.45) is 16.0 Å². The van der Waals surface area contributed by atoms with E-state index in [4.69, 9.17) is 5.73 Å². The predicted octanol–water partition coefficient (Wildman–Crippen LogP) is 0.148. The summed E-state index contributed by atoms with van der Waals surface area (Å²) >= 11 is 0. The second kappa shape index (κ2) is 7.41. The number of carbonyl (C=O) groups excluding carboxylic acids is 1. The molecule has 9 nitrogen and oxygen atoms in total. The van der Waals surface area contributed by atoms with E-state index < -0.39 is 27.6 Å². The summed E-state index contributed by atoms with van der Waals surface area (Å²) in [5.41, 5.74) is 5.79. The molecular weight excluding hydrogens is 314 g/mol. The minimum atomic E-state index is -4.17. The van der Waals surface area contributed by atoms with Crippen LogP contribution in [0.25, 0.3) is 0 Å². The molecule has 0 saturated heterocycles. The Balaban J connectivity index is 3.00. The van der Waals surface area contributed by atoms with Crippen LogP contribution in [-0.2, 0) is 28.8 Å². The zero-order chi connectivity index (χ0) is 16.8. The first-order chi connectivity index (χ1) is 10.3. The number of aryl methyl sites for hydroxylation is 1. The van der Waals surface area contributed by atoms with Crippen molar-refractivity contribution in [3.8, 4) is 0 Å². The third-order valence-corrected chi connectivity index (χ3v) is 3.47. The van der Waals surface area contributed by atoms with E-state index in [1.807, 2.05) is 0 Å². The molecule has 0 bridgehead atoms. The monoisotopic (exact) mass is 329 g/mol. The molecule has 22 heavy (non-hydrogen) atoms. The quantitative estimate of drug-likeness (QED) is 0.340. The van der Waals surface area contributed by atoms with Crippen LogP contribution in [0.3, 0.4) is 0 Å². The average Bonchev–Trinajstić information content (AvgIpc) is 2.50. The van der Waals surface area contributed by atoms with Gasteiger partial charge in [0.2, 0.25) is 11.5 Å². The number of benzene rings is 1. The summed E-state index contributed by atoms with van der Waals surface area (Å²) in [5.74, 6) is -1.57. The molecule has 0 atom stereocenters. The highest BCUT2D eigenvalue weighted by Gasteiger charge is 2.21. The lowest BCUT2D eigenvalue weighted by molar-refractivity contribution is -0.132. The molecule has 0 aliphatic rings. The molecule has 2 N–H and O–H groups in total. The number of carbonyl (C=O) groups is 1. The van der Waals surface area contributed by atoms with Gasteiger partial charge in [0.15, 0.2) is 0 Å². The molecule has 1 aromatic carbocycles. The van der Waals surface area contributed by atoms with Crippen molar-refractivity contribution in [3.63, 3.8) is 0 Å². The molecule has 1 rings (SSSR count). The molecule has 0 radical (unpaired) electrons. The standard InChI is InChI=1S/C12H15N3O6S/c1-8-4-6-9(7-5-8)22(17,18)21-15-11(13)10(14-20-3)12(16)19-2/h4-7H,1-3H3,(H2,13,15). The highest BCUT2D eigenvalue weighted by atomic mass is 32.2. The van der Waals surface area contributed by atoms with Gasteiger partial charge in [-0.1, -0.05) is 22.9 Å². The van der Waals surface area contributed by atoms with Gasteiger partial charge in [-0.25, -0.2) is 4.79 Å². The van der Waals surface area contributed by atoms with Gasteiger partial charge in [-0.15, -0.1) is 0 Å². The topological polar surface area (TPSA) is 130 Å². The molecule has 10 heteroatoms. The summed E-state index contributed by atoms with van der Waals surface area (Å²) in [4.78, 5) is 15.7. The second-order valence-electron chi connectivity index (χ2n) is 3.93. The number of hydrogen-bond donors (Lipinski definition) is 1. The van der Waals surface area contributed by atoms with Crippen LogP contribution in [0.1, 0.15) is 5.56 Å². The Hall–Kier alpha value is -2.62. The Morgan fingerprint density at radius 1 is 1.14 bits per heavy atom. The predicted molar refractivity (Wildman–Crippen MR) is 77.5 cm³/mol. The fourth-order valence-electron chi connectivity index (χ4n) is 1.26. The first kappa shape index (κ1) is 17.4. The van der Waals surface area contributed by atoms with Crippen LogP contribution in [0.2, 0.25) is 0 Å². The van der Waals surface area contributed by atoms with E-state index in [1.165, 1.54) is 19.2 Å². The summed E-state index contributed by atoms with van der Waals surface area (Å²) in [6.45, 7) is 1.80. The molecule has 0 heterocycles. The molecule has 1 aromatic rings. The van der Waals surface area contributed by atoms with E-state index in [9.17, 15) is 13.2 Å². The zero-order valence-corrected chi connectivity index (χ0v) is 13.0. The highest BCUT2D eigenvalue weighted by molar-refractivity contribution is 7.86. The molecule has 0 unspecified atom stereocenters. The van der Waals surface area contributed by atoms with Gasteiger partial charge < -0.3 is 15.3 Å². The molecule has 0 spiro atoms. The Bertz CT molecular complexity index is 694. The van der Waals surface area contributed by atoms with Gasteiger partial charge in [0, 0.05) is 0 Å². The number of nitrogens with zero attached hydrogens (tertiary/aromatic N) is 2. The van der Waals surface area contributed by atoms with E-state index in [0.717, 1.165) is 12.7 Å². The summed E-state index contributed by atoms with van der Waals surface area (Å²) in [6, 6.07) is 5.88. The van der Waals surface area contributed by atoms with Crippen molar-refractivity contribution in [3.05, 3.63) is 29.8 Å². The van der Waals surface area contributed by atoms with Gasteiger partial charge in [0.05, 0.1) is 7.11 Å². The first-order valence-corrected chi connectivity index (χ1v) is 7.26. The lowest BCUT2D eigenvalue weighted by Gasteiger charge is -2.04. The van der Waals surface area contributed by atoms with Crippen LogP contribution in [0.15, 0.2) is 39.5 Å². The van der Waals surface area contributed by atoms with E-state index in [1.54, 1.807) is 19.1 Å². The molecule has 0 aromatic heterocycles. The minimum Gasteiger partial charge on any atom is -0.464 e. The average molecular weight is 329 g/mol. The molecule has 0 amide bonds. The Labute approximate surface area is 127 Å². The molecular formula is C12H15N3O6S. The maximum absolute atomic E-state index is 11.9. The van der Waals surface area contributed by atoms with E-state index in [0.29, 0.717) is 0 Å². The molecule has 120 valence electrons. The van der Waals surface area contributed by atoms with E-state index in [2.05, 4.69) is 24.2 Å². The van der Waals surface area contributed by atoms with Gasteiger partial charge >= 0.3 is 16.1 Å². The molecule has 0 fully saturated rings. The third kappa shape index (κ3) is 4.45. The maximum atomic E-state index is 11.9. The zero-order valence-electron chi connectivity index (χ0n) is 12.1. The normalized spacial score (nSPS) is 12.7. The molecule has 0 aliphatic carbocycles. The Kier molecular flexibility index (Phi) is 5.87. The Morgan fingerprint density at radius 2 is 1.73 bits per heavy atom. The van der Waals surface area contributed by atoms with Crippen molar-refractivity contribution >= 4 is 27.6 Å². The number of methoxy groups -OCH3 is 1. The number of nitrogens with two attached hydrogens (primary N) is 1. The Morgan fingerprint density at radius 3 is 2.23 bits per heavy atom. The second-order valence-corrected chi connectivity index (χ2v) is 5.46. The van der Waals surface area contributed by atoms with Gasteiger partial charge in [-0.05, 0) is 24.2 Å². The van der Waals surface area contributed by atoms with Crippen LogP contribution < -0.4 is 5.73 Å². The van der Waals surface area contributed by atoms with Gasteiger partial charge in [0.1, 0.15) is 12.0 Å². The number of ether oxygens (including phenoxy) is 1. The fourth-order valence-corrected chi connectivity index (χ4v) is 1.99. The van der Waals surface area contributed by atoms with Crippen molar-refractivity contribution in [2.75, 3.05) is 14.2 Å². The largest absolute Gasteiger partial charge is 0.464 e. The summed E-state index contributed by atoms with van der Waals surface area (Å²) in [6.07, 6.45) is 0. The minimum absolute atomic E-state index is 0.113. The number of rotatable bonds is 6. The van der Waals surface area contributed by atoms with Crippen LogP contribution in [-0.4, -0.2) is 40.2 Å². The van der Waals surface area contributed by atoms with Crippen LogP contribution >= 0.6 is 0 Å². The van der Waals surface area contributed by atoms with Crippen LogP contribution in [0, 0.1) is 6.92 Å². The van der Waals surface area contributed by atoms with E-state index in [-0.39, 0.29) is 4.90 Å². The lowest BCUT2D eigenvalue weighted by atomic mass is 10.2. The van der Waals surface area contributed by atoms with Gasteiger partial charge in [-0.3, -0.25) is 4.28 Å². The van der Waals surface area contributed by atoms with Gasteiger partial charge in [-0.2, -0.15) is 8.42 Å². The van der Waals surface area contributed by atoms with Crippen molar-refractivity contribution in [1.29, 1.82) is 0 Å². The summed E-state index contributed by atoms with van der Waals surface area (Å²) in [5, 5.41) is 6.47. The van der Waals surface area contributed by atoms with Crippen molar-refractivity contribution < 1.29 is 27.1 Å². The smallest absolute Gasteiger partial charge is 0.364 e. The fraction of sp³-hybridized carbons (Fsp3) is 0.250. The number of esters is 1. The lowest BCUT2D eigenvalue weighted by Crippen LogP contribution is -2.32. The van der Waals surface area contributed by atoms with Gasteiger partial charge in [0.25, 0.3) is 0 Å². The highest BCUT2D eigenvalue weighted by Crippen LogP contribution is 2.13. The summed E-state index contributed by atoms with van der Waals surface area (Å²) < 4.78 is 32.6. The van der Waals surface area contributed by atoms with Crippen molar-refractivity contribution in [1.82, 2.24) is 0 Å². The number of oxime groups is 2. The van der Waals surface area contributed by atoms with E-state index >= 15 is 0 Å². The first-order valence-electron chi connectivity index (χ1n) is 5.85. The molecule has 0 aliphatic heterocycles. The summed E-state index contributed by atoms with van der Waals surface area (Å²) in [7, 11) is -1.91. The van der Waals surface area contributed by atoms with Crippen LogP contribution in [0.4, 0.5) is 0 Å².